The van der Waals surface area contributed by atoms with E-state index in [2.05, 4.69) is 65.4 Å². The smallest absolute Gasteiger partial charge is 0.191 e. The van der Waals surface area contributed by atoms with Gasteiger partial charge in [-0.2, -0.15) is 16.9 Å². The van der Waals surface area contributed by atoms with Gasteiger partial charge in [0.2, 0.25) is 0 Å². The molecular weight excluding hydrogens is 421 g/mol. The van der Waals surface area contributed by atoms with E-state index in [9.17, 15) is 0 Å². The Morgan fingerprint density at radius 3 is 2.52 bits per heavy atom. The Hall–Kier alpha value is -0.440. The molecule has 1 heterocycles. The molecule has 0 fully saturated rings. The molecular formula is C16H32IN5S. The number of aryl methyl sites for hydroxylation is 2. The Balaban J connectivity index is 0.00000484. The van der Waals surface area contributed by atoms with Gasteiger partial charge in [-0.3, -0.25) is 9.67 Å². The van der Waals surface area contributed by atoms with E-state index in [-0.39, 0.29) is 28.7 Å². The average Bonchev–Trinajstić information content (AvgIpc) is 2.77. The number of halogens is 1. The molecule has 0 radical (unpaired) electrons. The SMILES string of the molecule is CN=C(NCC(C)Cn1nc(C)cc1C)NCC(C)(C)SC.I. The molecule has 134 valence electrons. The molecule has 0 aliphatic carbocycles. The molecule has 0 aromatic carbocycles. The summed E-state index contributed by atoms with van der Waals surface area (Å²) in [5, 5.41) is 11.3. The van der Waals surface area contributed by atoms with Crippen LogP contribution < -0.4 is 10.6 Å². The summed E-state index contributed by atoms with van der Waals surface area (Å²) < 4.78 is 2.28. The number of thioether (sulfide) groups is 1. The van der Waals surface area contributed by atoms with Gasteiger partial charge < -0.3 is 10.6 Å². The van der Waals surface area contributed by atoms with Crippen molar-refractivity contribution in [3.63, 3.8) is 0 Å². The van der Waals surface area contributed by atoms with Crippen LogP contribution in [0.4, 0.5) is 0 Å². The van der Waals surface area contributed by atoms with Crippen LogP contribution in [0.2, 0.25) is 0 Å². The van der Waals surface area contributed by atoms with Crippen LogP contribution in [0.3, 0.4) is 0 Å². The van der Waals surface area contributed by atoms with Crippen molar-refractivity contribution in [2.75, 3.05) is 26.4 Å². The largest absolute Gasteiger partial charge is 0.356 e. The van der Waals surface area contributed by atoms with Crippen LogP contribution in [0.5, 0.6) is 0 Å². The topological polar surface area (TPSA) is 54.2 Å². The molecule has 2 N–H and O–H groups in total. The molecule has 5 nitrogen and oxygen atoms in total. The van der Waals surface area contributed by atoms with E-state index in [4.69, 9.17) is 0 Å². The predicted molar refractivity (Wildman–Crippen MR) is 113 cm³/mol. The van der Waals surface area contributed by atoms with Gasteiger partial charge in [-0.25, -0.2) is 0 Å². The molecule has 0 saturated heterocycles. The molecule has 1 unspecified atom stereocenters. The number of hydrogen-bond donors (Lipinski definition) is 2. The molecule has 1 rings (SSSR count). The first-order valence-electron chi connectivity index (χ1n) is 7.78. The number of nitrogens with zero attached hydrogens (tertiary/aromatic N) is 3. The summed E-state index contributed by atoms with van der Waals surface area (Å²) in [6.45, 7) is 13.5. The molecule has 0 aliphatic rings. The molecule has 0 aliphatic heterocycles. The van der Waals surface area contributed by atoms with Crippen LogP contribution in [0, 0.1) is 19.8 Å². The normalized spacial score (nSPS) is 13.4. The fraction of sp³-hybridized carbons (Fsp3) is 0.750. The molecule has 23 heavy (non-hydrogen) atoms. The van der Waals surface area contributed by atoms with Crippen LogP contribution in [0.25, 0.3) is 0 Å². The Kier molecular flexibility index (Phi) is 10.2. The number of hydrogen-bond acceptors (Lipinski definition) is 3. The van der Waals surface area contributed by atoms with Gasteiger partial charge in [0.25, 0.3) is 0 Å². The second-order valence-corrected chi connectivity index (χ2v) is 8.00. The van der Waals surface area contributed by atoms with E-state index < -0.39 is 0 Å². The Morgan fingerprint density at radius 1 is 1.39 bits per heavy atom. The standard InChI is InChI=1S/C16H31N5S.HI/c1-12(10-21-14(3)8-13(2)20-21)9-18-15(17-6)19-11-16(4,5)22-7;/h8,12H,9-11H2,1-7H3,(H2,17,18,19);1H. The molecule has 7 heteroatoms. The fourth-order valence-electron chi connectivity index (χ4n) is 2.08. The third kappa shape index (κ3) is 8.28. The first-order valence-corrected chi connectivity index (χ1v) is 9.00. The van der Waals surface area contributed by atoms with Gasteiger partial charge in [0.15, 0.2) is 5.96 Å². The minimum Gasteiger partial charge on any atom is -0.356 e. The molecule has 0 amide bonds. The molecule has 1 aromatic rings. The van der Waals surface area contributed by atoms with E-state index in [0.717, 1.165) is 31.3 Å². The van der Waals surface area contributed by atoms with Gasteiger partial charge >= 0.3 is 0 Å². The maximum Gasteiger partial charge on any atom is 0.191 e. The molecule has 0 spiro atoms. The van der Waals surface area contributed by atoms with Crippen molar-refractivity contribution in [1.82, 2.24) is 20.4 Å². The van der Waals surface area contributed by atoms with Gasteiger partial charge in [0, 0.05) is 37.1 Å². The molecule has 0 bridgehead atoms. The monoisotopic (exact) mass is 453 g/mol. The van der Waals surface area contributed by atoms with E-state index in [1.165, 1.54) is 5.69 Å². The van der Waals surface area contributed by atoms with Crippen molar-refractivity contribution in [2.24, 2.45) is 10.9 Å². The van der Waals surface area contributed by atoms with Gasteiger partial charge in [-0.05, 0) is 45.9 Å². The van der Waals surface area contributed by atoms with Crippen LogP contribution >= 0.6 is 35.7 Å². The number of rotatable bonds is 7. The number of nitrogens with one attached hydrogen (secondary N) is 2. The van der Waals surface area contributed by atoms with Gasteiger partial charge in [-0.1, -0.05) is 6.92 Å². The third-order valence-electron chi connectivity index (χ3n) is 3.66. The van der Waals surface area contributed by atoms with Crippen molar-refractivity contribution in [3.8, 4) is 0 Å². The Labute approximate surface area is 162 Å². The summed E-state index contributed by atoms with van der Waals surface area (Å²) in [5.41, 5.74) is 2.29. The van der Waals surface area contributed by atoms with Crippen molar-refractivity contribution >= 4 is 41.7 Å². The van der Waals surface area contributed by atoms with Crippen molar-refractivity contribution < 1.29 is 0 Å². The molecule has 1 aromatic heterocycles. The predicted octanol–water partition coefficient (Wildman–Crippen LogP) is 3.06. The van der Waals surface area contributed by atoms with Crippen LogP contribution in [-0.2, 0) is 6.54 Å². The Morgan fingerprint density at radius 2 is 2.04 bits per heavy atom. The van der Waals surface area contributed by atoms with Crippen LogP contribution in [0.15, 0.2) is 11.1 Å². The van der Waals surface area contributed by atoms with Crippen molar-refractivity contribution in [3.05, 3.63) is 17.5 Å². The lowest BCUT2D eigenvalue weighted by atomic mass is 10.2. The summed E-state index contributed by atoms with van der Waals surface area (Å²) in [7, 11) is 1.81. The van der Waals surface area contributed by atoms with Crippen molar-refractivity contribution in [2.45, 2.75) is 45.9 Å². The fourth-order valence-corrected chi connectivity index (χ4v) is 2.30. The maximum absolute atomic E-state index is 4.52. The summed E-state index contributed by atoms with van der Waals surface area (Å²) >= 11 is 1.85. The van der Waals surface area contributed by atoms with Crippen LogP contribution in [-0.4, -0.2) is 46.9 Å². The Bertz CT molecular complexity index is 499. The first kappa shape index (κ1) is 22.6. The molecule has 1 atom stereocenters. The second-order valence-electron chi connectivity index (χ2n) is 6.48. The quantitative estimate of drug-likeness (QED) is 0.379. The van der Waals surface area contributed by atoms with Gasteiger partial charge in [-0.15, -0.1) is 24.0 Å². The highest BCUT2D eigenvalue weighted by atomic mass is 127. The number of guanidine groups is 1. The average molecular weight is 453 g/mol. The highest BCUT2D eigenvalue weighted by Crippen LogP contribution is 2.19. The summed E-state index contributed by atoms with van der Waals surface area (Å²) in [5.74, 6) is 1.34. The van der Waals surface area contributed by atoms with Gasteiger partial charge in [0.05, 0.1) is 5.69 Å². The van der Waals surface area contributed by atoms with E-state index in [0.29, 0.717) is 5.92 Å². The maximum atomic E-state index is 4.52. The zero-order chi connectivity index (χ0) is 16.8. The highest BCUT2D eigenvalue weighted by molar-refractivity contribution is 14.0. The minimum absolute atomic E-state index is 0. The summed E-state index contributed by atoms with van der Waals surface area (Å²) in [6.07, 6.45) is 2.13. The first-order chi connectivity index (χ1) is 10.3. The zero-order valence-corrected chi connectivity index (χ0v) is 18.6. The second kappa shape index (κ2) is 10.4. The highest BCUT2D eigenvalue weighted by Gasteiger charge is 2.16. The van der Waals surface area contributed by atoms with E-state index in [1.54, 1.807) is 0 Å². The summed E-state index contributed by atoms with van der Waals surface area (Å²) in [4.78, 5) is 4.29. The van der Waals surface area contributed by atoms with Crippen LogP contribution in [0.1, 0.15) is 32.2 Å². The molecule has 0 saturated carbocycles. The van der Waals surface area contributed by atoms with Gasteiger partial charge in [0.1, 0.15) is 0 Å². The van der Waals surface area contributed by atoms with E-state index in [1.807, 2.05) is 25.7 Å². The lowest BCUT2D eigenvalue weighted by molar-refractivity contribution is 0.435. The number of aromatic nitrogens is 2. The lowest BCUT2D eigenvalue weighted by Gasteiger charge is -2.24. The lowest BCUT2D eigenvalue weighted by Crippen LogP contribution is -2.44. The minimum atomic E-state index is 0. The third-order valence-corrected chi connectivity index (χ3v) is 4.91. The van der Waals surface area contributed by atoms with E-state index >= 15 is 0 Å². The summed E-state index contributed by atoms with van der Waals surface area (Å²) in [6, 6.07) is 2.12. The zero-order valence-electron chi connectivity index (χ0n) is 15.4. The van der Waals surface area contributed by atoms with Crippen molar-refractivity contribution in [1.29, 1.82) is 0 Å². The number of aliphatic imine (C=N–C) groups is 1.